The normalized spacial score (nSPS) is 12.9. The lowest BCUT2D eigenvalue weighted by Gasteiger charge is -2.21. The number of hydrogen-bond donors (Lipinski definition) is 2. The van der Waals surface area contributed by atoms with Crippen LogP contribution in [0.4, 0.5) is 8.78 Å². The summed E-state index contributed by atoms with van der Waals surface area (Å²) in [6, 6.07) is 9.26. The van der Waals surface area contributed by atoms with Gasteiger partial charge in [0.15, 0.2) is 0 Å². The molecule has 0 heterocycles. The van der Waals surface area contributed by atoms with Crippen LogP contribution in [0, 0.1) is 18.6 Å². The molecule has 0 aromatic heterocycles. The van der Waals surface area contributed by atoms with E-state index in [2.05, 4.69) is 5.32 Å². The van der Waals surface area contributed by atoms with E-state index in [1.165, 1.54) is 12.1 Å². The molecule has 2 aromatic carbocycles. The zero-order chi connectivity index (χ0) is 17.0. The first-order valence-electron chi connectivity index (χ1n) is 7.49. The van der Waals surface area contributed by atoms with Gasteiger partial charge in [0.2, 0.25) is 5.91 Å². The number of rotatable bonds is 5. The molecule has 0 aliphatic rings. The number of carbonyl (C=O) groups is 1. The predicted molar refractivity (Wildman–Crippen MR) is 92.9 cm³/mol. The fourth-order valence-corrected chi connectivity index (χ4v) is 2.37. The maximum absolute atomic E-state index is 13.9. The van der Waals surface area contributed by atoms with Gasteiger partial charge in [-0.05, 0) is 25.0 Å². The van der Waals surface area contributed by atoms with Gasteiger partial charge in [-0.1, -0.05) is 42.8 Å². The molecule has 0 spiro atoms. The number of hydrogen-bond acceptors (Lipinski definition) is 2. The van der Waals surface area contributed by atoms with Crippen molar-refractivity contribution in [2.75, 3.05) is 0 Å². The second-order valence-electron chi connectivity index (χ2n) is 5.52. The third-order valence-electron chi connectivity index (χ3n) is 3.78. The summed E-state index contributed by atoms with van der Waals surface area (Å²) in [6.45, 7) is 3.75. The molecule has 0 saturated carbocycles. The summed E-state index contributed by atoms with van der Waals surface area (Å²) in [5.41, 5.74) is 7.97. The van der Waals surface area contributed by atoms with E-state index in [4.69, 9.17) is 5.73 Å². The molecule has 2 aromatic rings. The Morgan fingerprint density at radius 1 is 1.17 bits per heavy atom. The quantitative estimate of drug-likeness (QED) is 0.853. The summed E-state index contributed by atoms with van der Waals surface area (Å²) >= 11 is 0. The van der Waals surface area contributed by atoms with Gasteiger partial charge in [-0.25, -0.2) is 8.78 Å². The molecule has 130 valence electrons. The molecule has 0 fully saturated rings. The number of carbonyl (C=O) groups excluding carboxylic acids is 1. The summed E-state index contributed by atoms with van der Waals surface area (Å²) in [6.07, 6.45) is 0.467. The molecule has 3 nitrogen and oxygen atoms in total. The van der Waals surface area contributed by atoms with Gasteiger partial charge in [-0.15, -0.1) is 12.4 Å². The number of nitrogens with two attached hydrogens (primary N) is 1. The molecule has 6 heteroatoms. The van der Waals surface area contributed by atoms with Crippen molar-refractivity contribution < 1.29 is 13.6 Å². The van der Waals surface area contributed by atoms with Crippen molar-refractivity contribution in [3.8, 4) is 0 Å². The van der Waals surface area contributed by atoms with Gasteiger partial charge in [0, 0.05) is 11.6 Å². The van der Waals surface area contributed by atoms with Crippen molar-refractivity contribution in [3.05, 3.63) is 70.8 Å². The Morgan fingerprint density at radius 3 is 2.33 bits per heavy atom. The topological polar surface area (TPSA) is 55.1 Å². The third-order valence-corrected chi connectivity index (χ3v) is 3.78. The summed E-state index contributed by atoms with van der Waals surface area (Å²) in [5, 5.41) is 2.73. The van der Waals surface area contributed by atoms with Gasteiger partial charge in [-0.3, -0.25) is 4.79 Å². The molecule has 2 unspecified atom stereocenters. The van der Waals surface area contributed by atoms with Crippen LogP contribution in [-0.2, 0) is 4.79 Å². The van der Waals surface area contributed by atoms with E-state index in [1.54, 1.807) is 12.1 Å². The number of aryl methyl sites for hydroxylation is 1. The first-order chi connectivity index (χ1) is 10.9. The fourth-order valence-electron chi connectivity index (χ4n) is 2.37. The summed E-state index contributed by atoms with van der Waals surface area (Å²) in [4.78, 5) is 12.3. The lowest BCUT2D eigenvalue weighted by atomic mass is 10.0. The average molecular weight is 355 g/mol. The Hall–Kier alpha value is -1.98. The van der Waals surface area contributed by atoms with Crippen LogP contribution in [0.1, 0.15) is 42.1 Å². The van der Waals surface area contributed by atoms with Crippen LogP contribution >= 0.6 is 12.4 Å². The molecule has 2 atom stereocenters. The number of halogens is 3. The minimum atomic E-state index is -0.840. The molecule has 24 heavy (non-hydrogen) atoms. The zero-order valence-corrected chi connectivity index (χ0v) is 14.4. The van der Waals surface area contributed by atoms with Crippen LogP contribution < -0.4 is 11.1 Å². The van der Waals surface area contributed by atoms with E-state index in [1.807, 2.05) is 26.0 Å². The third kappa shape index (κ3) is 4.76. The molecule has 0 aliphatic heterocycles. The molecular formula is C18H21ClF2N2O. The molecule has 3 N–H and O–H groups in total. The van der Waals surface area contributed by atoms with Crippen molar-refractivity contribution in [1.82, 2.24) is 5.32 Å². The summed E-state index contributed by atoms with van der Waals surface area (Å²) in [5.74, 6) is -1.73. The van der Waals surface area contributed by atoms with Crippen molar-refractivity contribution in [2.24, 2.45) is 5.73 Å². The summed E-state index contributed by atoms with van der Waals surface area (Å²) in [7, 11) is 0. The van der Waals surface area contributed by atoms with Gasteiger partial charge in [0.1, 0.15) is 17.7 Å². The van der Waals surface area contributed by atoms with Gasteiger partial charge < -0.3 is 11.1 Å². The largest absolute Gasteiger partial charge is 0.348 e. The van der Waals surface area contributed by atoms with E-state index >= 15 is 0 Å². The molecule has 0 saturated heterocycles. The van der Waals surface area contributed by atoms with Crippen molar-refractivity contribution in [3.63, 3.8) is 0 Å². The van der Waals surface area contributed by atoms with Crippen LogP contribution in [0.25, 0.3) is 0 Å². The van der Waals surface area contributed by atoms with Gasteiger partial charge in [0.25, 0.3) is 0 Å². The van der Waals surface area contributed by atoms with Crippen molar-refractivity contribution in [1.29, 1.82) is 0 Å². The van der Waals surface area contributed by atoms with E-state index in [-0.39, 0.29) is 18.0 Å². The SMILES string of the molecule is CCC(NC(=O)C(N)c1ccc(C)cc1)c1ccc(F)cc1F.Cl. The highest BCUT2D eigenvalue weighted by atomic mass is 35.5. The van der Waals surface area contributed by atoms with Crippen LogP contribution in [0.15, 0.2) is 42.5 Å². The maximum Gasteiger partial charge on any atom is 0.241 e. The van der Waals surface area contributed by atoms with Crippen LogP contribution in [-0.4, -0.2) is 5.91 Å². The van der Waals surface area contributed by atoms with Gasteiger partial charge >= 0.3 is 0 Å². The molecule has 0 bridgehead atoms. The summed E-state index contributed by atoms with van der Waals surface area (Å²) < 4.78 is 26.9. The fraction of sp³-hybridized carbons (Fsp3) is 0.278. The predicted octanol–water partition coefficient (Wildman–Crippen LogP) is 3.96. The van der Waals surface area contributed by atoms with Gasteiger partial charge in [-0.2, -0.15) is 0 Å². The number of benzene rings is 2. The zero-order valence-electron chi connectivity index (χ0n) is 13.6. The molecule has 0 aliphatic carbocycles. The van der Waals surface area contributed by atoms with E-state index in [0.717, 1.165) is 11.6 Å². The first-order valence-corrected chi connectivity index (χ1v) is 7.49. The number of nitrogens with one attached hydrogen (secondary N) is 1. The smallest absolute Gasteiger partial charge is 0.241 e. The second kappa shape index (κ2) is 8.76. The first kappa shape index (κ1) is 20.1. The van der Waals surface area contributed by atoms with E-state index in [9.17, 15) is 13.6 Å². The van der Waals surface area contributed by atoms with Crippen LogP contribution in [0.3, 0.4) is 0 Å². The standard InChI is InChI=1S/C18H20F2N2O.ClH/c1-3-16(14-9-8-13(19)10-15(14)20)22-18(23)17(21)12-6-4-11(2)5-7-12;/h4-10,16-17H,3,21H2,1-2H3,(H,22,23);1H. The van der Waals surface area contributed by atoms with Crippen LogP contribution in [0.2, 0.25) is 0 Å². The maximum atomic E-state index is 13.9. The monoisotopic (exact) mass is 354 g/mol. The second-order valence-corrected chi connectivity index (χ2v) is 5.52. The lowest BCUT2D eigenvalue weighted by Crippen LogP contribution is -2.36. The number of amides is 1. The highest BCUT2D eigenvalue weighted by Gasteiger charge is 2.21. The van der Waals surface area contributed by atoms with E-state index < -0.39 is 29.6 Å². The Morgan fingerprint density at radius 2 is 1.79 bits per heavy atom. The molecular weight excluding hydrogens is 334 g/mol. The Balaban J connectivity index is 0.00000288. The highest BCUT2D eigenvalue weighted by molar-refractivity contribution is 5.85. The van der Waals surface area contributed by atoms with E-state index in [0.29, 0.717) is 12.0 Å². The van der Waals surface area contributed by atoms with Crippen molar-refractivity contribution in [2.45, 2.75) is 32.4 Å². The van der Waals surface area contributed by atoms with Crippen molar-refractivity contribution >= 4 is 18.3 Å². The Labute approximate surface area is 146 Å². The highest BCUT2D eigenvalue weighted by Crippen LogP contribution is 2.22. The molecule has 1 amide bonds. The van der Waals surface area contributed by atoms with Crippen LogP contribution in [0.5, 0.6) is 0 Å². The Bertz CT molecular complexity index is 692. The minimum absolute atomic E-state index is 0. The minimum Gasteiger partial charge on any atom is -0.348 e. The molecule has 0 radical (unpaired) electrons. The molecule has 2 rings (SSSR count). The van der Waals surface area contributed by atoms with Gasteiger partial charge in [0.05, 0.1) is 6.04 Å². The Kier molecular flexibility index (Phi) is 7.32. The lowest BCUT2D eigenvalue weighted by molar-refractivity contribution is -0.123. The average Bonchev–Trinajstić information content (AvgIpc) is 2.53.